The van der Waals surface area contributed by atoms with E-state index >= 15 is 0 Å². The number of benzene rings is 2. The Morgan fingerprint density at radius 2 is 1.41 bits per heavy atom. The van der Waals surface area contributed by atoms with Gasteiger partial charge in [0.05, 0.1) is 0 Å². The van der Waals surface area contributed by atoms with Gasteiger partial charge in [0, 0.05) is 43.9 Å². The van der Waals surface area contributed by atoms with Crippen LogP contribution in [0.2, 0.25) is 0 Å². The first-order chi connectivity index (χ1) is 15.4. The van der Waals surface area contributed by atoms with Crippen molar-refractivity contribution in [3.63, 3.8) is 0 Å². The molecule has 0 radical (unpaired) electrons. The molecule has 0 saturated carbocycles. The smallest absolute Gasteiger partial charge is 0.251 e. The van der Waals surface area contributed by atoms with Crippen LogP contribution < -0.4 is 16.0 Å². The van der Waals surface area contributed by atoms with E-state index in [-0.39, 0.29) is 17.7 Å². The average Bonchev–Trinajstić information content (AvgIpc) is 3.00. The molecule has 1 saturated heterocycles. The van der Waals surface area contributed by atoms with Gasteiger partial charge in [-0.15, -0.1) is 0 Å². The molecule has 7 heteroatoms. The Kier molecular flexibility index (Phi) is 8.39. The molecule has 170 valence electrons. The summed E-state index contributed by atoms with van der Waals surface area (Å²) in [6, 6.07) is 13.1. The van der Waals surface area contributed by atoms with Crippen molar-refractivity contribution in [2.45, 2.75) is 52.6 Å². The minimum atomic E-state index is -0.276. The minimum Gasteiger partial charge on any atom is -0.348 e. The van der Waals surface area contributed by atoms with Gasteiger partial charge >= 0.3 is 0 Å². The number of nitrogens with one attached hydrogen (secondary N) is 3. The van der Waals surface area contributed by atoms with Crippen LogP contribution in [0.1, 0.15) is 61.0 Å². The third-order valence-corrected chi connectivity index (χ3v) is 5.39. The van der Waals surface area contributed by atoms with Crippen LogP contribution in [-0.2, 0) is 22.7 Å². The van der Waals surface area contributed by atoms with E-state index in [4.69, 9.17) is 0 Å². The first kappa shape index (κ1) is 23.5. The Morgan fingerprint density at radius 3 is 2.00 bits per heavy atom. The monoisotopic (exact) mass is 436 g/mol. The summed E-state index contributed by atoms with van der Waals surface area (Å²) in [6.07, 6.45) is 5.15. The summed E-state index contributed by atoms with van der Waals surface area (Å²) in [7, 11) is 0. The van der Waals surface area contributed by atoms with Crippen molar-refractivity contribution in [2.24, 2.45) is 0 Å². The van der Waals surface area contributed by atoms with Crippen molar-refractivity contribution in [1.82, 2.24) is 10.2 Å². The fraction of sp³-hybridized carbons (Fsp3) is 0.400. The lowest BCUT2D eigenvalue weighted by atomic mass is 10.1. The summed E-state index contributed by atoms with van der Waals surface area (Å²) in [5, 5.41) is 8.27. The van der Waals surface area contributed by atoms with Crippen LogP contribution in [0.4, 0.5) is 11.4 Å². The van der Waals surface area contributed by atoms with Gasteiger partial charge in [-0.1, -0.05) is 37.1 Å². The zero-order chi connectivity index (χ0) is 22.9. The first-order valence-corrected chi connectivity index (χ1v) is 11.2. The topological polar surface area (TPSA) is 90.5 Å². The van der Waals surface area contributed by atoms with Crippen LogP contribution >= 0.6 is 0 Å². The van der Waals surface area contributed by atoms with Crippen LogP contribution in [0.25, 0.3) is 0 Å². The number of nitrogens with zero attached hydrogens (tertiary/aromatic N) is 1. The third-order valence-electron chi connectivity index (χ3n) is 5.39. The fourth-order valence-corrected chi connectivity index (χ4v) is 3.98. The number of rotatable bonds is 7. The van der Waals surface area contributed by atoms with E-state index in [2.05, 4.69) is 33.0 Å². The number of hydrogen-bond donors (Lipinski definition) is 3. The lowest BCUT2D eigenvalue weighted by molar-refractivity contribution is -0.115. The summed E-state index contributed by atoms with van der Waals surface area (Å²) in [5.41, 5.74) is 3.55. The van der Waals surface area contributed by atoms with E-state index in [1.807, 2.05) is 12.1 Å². The van der Waals surface area contributed by atoms with Gasteiger partial charge in [-0.25, -0.2) is 0 Å². The molecule has 3 rings (SSSR count). The van der Waals surface area contributed by atoms with E-state index in [9.17, 15) is 14.4 Å². The van der Waals surface area contributed by atoms with Crippen LogP contribution in [0.5, 0.6) is 0 Å². The largest absolute Gasteiger partial charge is 0.348 e. The highest BCUT2D eigenvalue weighted by Gasteiger charge is 2.12. The number of likely N-dealkylation sites (tertiary alicyclic amines) is 1. The molecule has 2 aromatic carbocycles. The standard InChI is InChI=1S/C25H32N4O3/c1-18(30)27-23-13-22(14-24(15-23)28-19(2)31)25(32)26-16-20-8-7-9-21(12-20)17-29-10-5-3-4-6-11-29/h7-9,12-15H,3-6,10-11,16-17H2,1-2H3,(H,26,32)(H,27,30)(H,28,31). The van der Waals surface area contributed by atoms with Crippen LogP contribution in [0.15, 0.2) is 42.5 Å². The highest BCUT2D eigenvalue weighted by atomic mass is 16.2. The highest BCUT2D eigenvalue weighted by molar-refractivity contribution is 5.99. The molecule has 0 bridgehead atoms. The summed E-state index contributed by atoms with van der Waals surface area (Å²) >= 11 is 0. The van der Waals surface area contributed by atoms with Crippen molar-refractivity contribution < 1.29 is 14.4 Å². The Balaban J connectivity index is 1.65. The fourth-order valence-electron chi connectivity index (χ4n) is 3.98. The van der Waals surface area contributed by atoms with Crippen molar-refractivity contribution >= 4 is 29.1 Å². The van der Waals surface area contributed by atoms with Crippen LogP contribution in [0.3, 0.4) is 0 Å². The van der Waals surface area contributed by atoms with Crippen molar-refractivity contribution in [3.05, 3.63) is 59.2 Å². The maximum Gasteiger partial charge on any atom is 0.251 e. The molecule has 7 nitrogen and oxygen atoms in total. The molecule has 1 fully saturated rings. The molecule has 1 heterocycles. The second-order valence-corrected chi connectivity index (χ2v) is 8.35. The number of anilines is 2. The van der Waals surface area contributed by atoms with Gasteiger partial charge < -0.3 is 16.0 Å². The molecule has 32 heavy (non-hydrogen) atoms. The van der Waals surface area contributed by atoms with Gasteiger partial charge in [0.2, 0.25) is 11.8 Å². The molecule has 0 aliphatic carbocycles. The quantitative estimate of drug-likeness (QED) is 0.614. The predicted molar refractivity (Wildman–Crippen MR) is 126 cm³/mol. The normalized spacial score (nSPS) is 14.3. The van der Waals surface area contributed by atoms with E-state index < -0.39 is 0 Å². The molecule has 2 aromatic rings. The molecule has 0 unspecified atom stereocenters. The summed E-state index contributed by atoms with van der Waals surface area (Å²) in [6.45, 7) is 6.39. The summed E-state index contributed by atoms with van der Waals surface area (Å²) in [4.78, 5) is 38.2. The van der Waals surface area contributed by atoms with Gasteiger partial charge in [0.15, 0.2) is 0 Å². The Labute approximate surface area is 189 Å². The lowest BCUT2D eigenvalue weighted by Gasteiger charge is -2.20. The summed E-state index contributed by atoms with van der Waals surface area (Å²) in [5.74, 6) is -0.781. The molecule has 3 amide bonds. The minimum absolute atomic E-state index is 0.252. The zero-order valence-corrected chi connectivity index (χ0v) is 18.9. The molecule has 0 aromatic heterocycles. The molecule has 1 aliphatic heterocycles. The zero-order valence-electron chi connectivity index (χ0n) is 18.9. The number of carbonyl (C=O) groups is 3. The maximum atomic E-state index is 12.8. The number of carbonyl (C=O) groups excluding carboxylic acids is 3. The number of hydrogen-bond acceptors (Lipinski definition) is 4. The molecule has 0 spiro atoms. The summed E-state index contributed by atoms with van der Waals surface area (Å²) < 4.78 is 0. The van der Waals surface area contributed by atoms with Crippen molar-refractivity contribution in [2.75, 3.05) is 23.7 Å². The average molecular weight is 437 g/mol. The maximum absolute atomic E-state index is 12.8. The third kappa shape index (κ3) is 7.50. The van der Waals surface area contributed by atoms with E-state index in [0.717, 1.165) is 25.2 Å². The van der Waals surface area contributed by atoms with Gasteiger partial charge in [-0.05, 0) is 55.3 Å². The molecular weight excluding hydrogens is 404 g/mol. The van der Waals surface area contributed by atoms with Crippen LogP contribution in [0, 0.1) is 0 Å². The van der Waals surface area contributed by atoms with Gasteiger partial charge in [0.1, 0.15) is 0 Å². The second kappa shape index (κ2) is 11.4. The van der Waals surface area contributed by atoms with Gasteiger partial charge in [0.25, 0.3) is 5.91 Å². The van der Waals surface area contributed by atoms with Crippen molar-refractivity contribution in [1.29, 1.82) is 0 Å². The Morgan fingerprint density at radius 1 is 0.812 bits per heavy atom. The Bertz CT molecular complexity index is 931. The second-order valence-electron chi connectivity index (χ2n) is 8.35. The predicted octanol–water partition coefficient (Wildman–Crippen LogP) is 3.91. The Hall–Kier alpha value is -3.19. The highest BCUT2D eigenvalue weighted by Crippen LogP contribution is 2.20. The van der Waals surface area contributed by atoms with E-state index in [1.54, 1.807) is 18.2 Å². The molecule has 3 N–H and O–H groups in total. The van der Waals surface area contributed by atoms with Gasteiger partial charge in [-0.2, -0.15) is 0 Å². The van der Waals surface area contributed by atoms with Gasteiger partial charge in [-0.3, -0.25) is 19.3 Å². The first-order valence-electron chi connectivity index (χ1n) is 11.2. The van der Waals surface area contributed by atoms with E-state index in [0.29, 0.717) is 23.5 Å². The molecule has 1 aliphatic rings. The van der Waals surface area contributed by atoms with Crippen LogP contribution in [-0.4, -0.2) is 35.7 Å². The molecule has 0 atom stereocenters. The van der Waals surface area contributed by atoms with E-state index in [1.165, 1.54) is 45.1 Å². The SMILES string of the molecule is CC(=O)Nc1cc(NC(C)=O)cc(C(=O)NCc2cccc(CN3CCCCCC3)c2)c1. The molecular formula is C25H32N4O3. The lowest BCUT2D eigenvalue weighted by Crippen LogP contribution is -2.25. The van der Waals surface area contributed by atoms with Crippen molar-refractivity contribution in [3.8, 4) is 0 Å². The number of amides is 3.